The second kappa shape index (κ2) is 4.90. The smallest absolute Gasteiger partial charge is 0.240 e. The molecule has 0 atom stereocenters. The first-order chi connectivity index (χ1) is 9.11. The average Bonchev–Trinajstić information content (AvgIpc) is 2.56. The standard InChI is InChI=1S/C15H22N2O2S/c1-11-14(20(16,18)19)12-7-5-6-8-13(12)17(11)10-9-15(2,3)4/h5-8H,9-10H2,1-4H3,(H2,16,18,19). The second-order valence-electron chi connectivity index (χ2n) is 6.44. The van der Waals surface area contributed by atoms with Gasteiger partial charge in [0.1, 0.15) is 4.90 Å². The van der Waals surface area contributed by atoms with Crippen LogP contribution in [0, 0.1) is 12.3 Å². The van der Waals surface area contributed by atoms with Crippen molar-refractivity contribution in [1.29, 1.82) is 0 Å². The molecule has 0 unspecified atom stereocenters. The van der Waals surface area contributed by atoms with Gasteiger partial charge < -0.3 is 4.57 Å². The summed E-state index contributed by atoms with van der Waals surface area (Å²) in [5.74, 6) is 0. The Morgan fingerprint density at radius 3 is 2.35 bits per heavy atom. The summed E-state index contributed by atoms with van der Waals surface area (Å²) in [6.45, 7) is 9.13. The van der Waals surface area contributed by atoms with E-state index in [2.05, 4.69) is 25.3 Å². The molecule has 0 fully saturated rings. The number of aromatic nitrogens is 1. The molecule has 1 aromatic carbocycles. The van der Waals surface area contributed by atoms with Crippen molar-refractivity contribution in [1.82, 2.24) is 4.57 Å². The highest BCUT2D eigenvalue weighted by molar-refractivity contribution is 7.89. The minimum Gasteiger partial charge on any atom is -0.343 e. The topological polar surface area (TPSA) is 65.1 Å². The number of benzene rings is 1. The van der Waals surface area contributed by atoms with Gasteiger partial charge in [-0.3, -0.25) is 0 Å². The monoisotopic (exact) mass is 294 g/mol. The summed E-state index contributed by atoms with van der Waals surface area (Å²) in [7, 11) is -3.71. The number of fused-ring (bicyclic) bond motifs is 1. The Kier molecular flexibility index (Phi) is 3.69. The van der Waals surface area contributed by atoms with E-state index >= 15 is 0 Å². The zero-order valence-corrected chi connectivity index (χ0v) is 13.3. The van der Waals surface area contributed by atoms with Crippen LogP contribution in [0.5, 0.6) is 0 Å². The van der Waals surface area contributed by atoms with Crippen LogP contribution in [0.1, 0.15) is 32.9 Å². The molecule has 0 saturated heterocycles. The first-order valence-corrected chi connectivity index (χ1v) is 8.26. The fourth-order valence-corrected chi connectivity index (χ4v) is 3.49. The van der Waals surface area contributed by atoms with Crippen molar-refractivity contribution in [3.05, 3.63) is 30.0 Å². The first kappa shape index (κ1) is 15.1. The van der Waals surface area contributed by atoms with E-state index in [1.165, 1.54) is 0 Å². The molecular weight excluding hydrogens is 272 g/mol. The van der Waals surface area contributed by atoms with Crippen molar-refractivity contribution in [2.24, 2.45) is 10.6 Å². The van der Waals surface area contributed by atoms with Crippen LogP contribution in [-0.4, -0.2) is 13.0 Å². The summed E-state index contributed by atoms with van der Waals surface area (Å²) in [6, 6.07) is 7.52. The molecule has 2 aromatic rings. The quantitative estimate of drug-likeness (QED) is 0.945. The Hall–Kier alpha value is -1.33. The minimum atomic E-state index is -3.71. The largest absolute Gasteiger partial charge is 0.343 e. The zero-order chi connectivity index (χ0) is 15.1. The van der Waals surface area contributed by atoms with Gasteiger partial charge in [0, 0.05) is 23.1 Å². The molecule has 20 heavy (non-hydrogen) atoms. The van der Waals surface area contributed by atoms with E-state index < -0.39 is 10.0 Å². The molecule has 0 spiro atoms. The van der Waals surface area contributed by atoms with Gasteiger partial charge in [-0.25, -0.2) is 13.6 Å². The SMILES string of the molecule is Cc1c(S(N)(=O)=O)c2ccccc2n1CCC(C)(C)C. The molecule has 110 valence electrons. The maximum Gasteiger partial charge on any atom is 0.240 e. The molecule has 5 heteroatoms. The number of hydrogen-bond donors (Lipinski definition) is 1. The van der Waals surface area contributed by atoms with E-state index in [0.29, 0.717) is 5.39 Å². The highest BCUT2D eigenvalue weighted by Gasteiger charge is 2.22. The second-order valence-corrected chi connectivity index (χ2v) is 7.94. The van der Waals surface area contributed by atoms with Gasteiger partial charge in [-0.15, -0.1) is 0 Å². The summed E-state index contributed by atoms with van der Waals surface area (Å²) in [4.78, 5) is 0.252. The molecule has 2 rings (SSSR count). The van der Waals surface area contributed by atoms with Crippen LogP contribution in [-0.2, 0) is 16.6 Å². The maximum absolute atomic E-state index is 11.8. The van der Waals surface area contributed by atoms with E-state index in [-0.39, 0.29) is 10.3 Å². The molecule has 0 aliphatic carbocycles. The third-order valence-electron chi connectivity index (χ3n) is 3.54. The predicted octanol–water partition coefficient (Wildman–Crippen LogP) is 3.03. The molecule has 0 radical (unpaired) electrons. The summed E-state index contributed by atoms with van der Waals surface area (Å²) in [6.07, 6.45) is 0.969. The molecule has 0 aliphatic rings. The molecule has 1 aromatic heterocycles. The van der Waals surface area contributed by atoms with Crippen molar-refractivity contribution >= 4 is 20.9 Å². The van der Waals surface area contributed by atoms with Crippen molar-refractivity contribution < 1.29 is 8.42 Å². The first-order valence-electron chi connectivity index (χ1n) is 6.72. The van der Waals surface area contributed by atoms with Gasteiger partial charge in [-0.1, -0.05) is 39.0 Å². The number of para-hydroxylation sites is 1. The van der Waals surface area contributed by atoms with Gasteiger partial charge in [0.2, 0.25) is 10.0 Å². The van der Waals surface area contributed by atoms with Crippen LogP contribution in [0.15, 0.2) is 29.2 Å². The third-order valence-corrected chi connectivity index (χ3v) is 4.63. The van der Waals surface area contributed by atoms with Crippen molar-refractivity contribution in [3.63, 3.8) is 0 Å². The number of sulfonamides is 1. The number of hydrogen-bond acceptors (Lipinski definition) is 2. The van der Waals surface area contributed by atoms with Crippen LogP contribution in [0.2, 0.25) is 0 Å². The fourth-order valence-electron chi connectivity index (χ4n) is 2.49. The molecular formula is C15H22N2O2S. The van der Waals surface area contributed by atoms with Crippen LogP contribution in [0.3, 0.4) is 0 Å². The highest BCUT2D eigenvalue weighted by Crippen LogP contribution is 2.30. The molecule has 2 N–H and O–H groups in total. The van der Waals surface area contributed by atoms with Crippen LogP contribution < -0.4 is 5.14 Å². The number of nitrogens with zero attached hydrogens (tertiary/aromatic N) is 1. The number of aryl methyl sites for hydroxylation is 1. The van der Waals surface area contributed by atoms with Crippen LogP contribution in [0.4, 0.5) is 0 Å². The lowest BCUT2D eigenvalue weighted by molar-refractivity contribution is 0.351. The van der Waals surface area contributed by atoms with Crippen LogP contribution >= 0.6 is 0 Å². The molecule has 0 aliphatic heterocycles. The summed E-state index contributed by atoms with van der Waals surface area (Å²) in [5, 5.41) is 6.09. The summed E-state index contributed by atoms with van der Waals surface area (Å²) in [5.41, 5.74) is 1.84. The van der Waals surface area contributed by atoms with E-state index in [9.17, 15) is 8.42 Å². The minimum absolute atomic E-state index is 0.194. The fraction of sp³-hybridized carbons (Fsp3) is 0.467. The van der Waals surface area contributed by atoms with Crippen LogP contribution in [0.25, 0.3) is 10.9 Å². The van der Waals surface area contributed by atoms with E-state index in [1.807, 2.05) is 31.2 Å². The van der Waals surface area contributed by atoms with Gasteiger partial charge in [-0.2, -0.15) is 0 Å². The predicted molar refractivity (Wildman–Crippen MR) is 82.1 cm³/mol. The number of nitrogens with two attached hydrogens (primary N) is 1. The normalized spacial score (nSPS) is 13.1. The summed E-state index contributed by atoms with van der Waals surface area (Å²) < 4.78 is 25.7. The Morgan fingerprint density at radius 2 is 1.80 bits per heavy atom. The lowest BCUT2D eigenvalue weighted by Crippen LogP contribution is -2.15. The van der Waals surface area contributed by atoms with Crippen molar-refractivity contribution in [2.75, 3.05) is 0 Å². The molecule has 0 amide bonds. The van der Waals surface area contributed by atoms with Gasteiger partial charge in [0.15, 0.2) is 0 Å². The maximum atomic E-state index is 11.8. The third kappa shape index (κ3) is 2.88. The number of rotatable bonds is 3. The average molecular weight is 294 g/mol. The highest BCUT2D eigenvalue weighted by atomic mass is 32.2. The van der Waals surface area contributed by atoms with E-state index in [0.717, 1.165) is 24.2 Å². The molecule has 0 saturated carbocycles. The lowest BCUT2D eigenvalue weighted by atomic mass is 9.92. The molecule has 1 heterocycles. The van der Waals surface area contributed by atoms with Gasteiger partial charge in [0.25, 0.3) is 0 Å². The number of primary sulfonamides is 1. The Morgan fingerprint density at radius 1 is 1.20 bits per heavy atom. The lowest BCUT2D eigenvalue weighted by Gasteiger charge is -2.19. The molecule has 4 nitrogen and oxygen atoms in total. The summed E-state index contributed by atoms with van der Waals surface area (Å²) >= 11 is 0. The van der Waals surface area contributed by atoms with Gasteiger partial charge in [-0.05, 0) is 24.8 Å². The van der Waals surface area contributed by atoms with Crippen molar-refractivity contribution in [2.45, 2.75) is 45.6 Å². The van der Waals surface area contributed by atoms with E-state index in [1.54, 1.807) is 0 Å². The van der Waals surface area contributed by atoms with E-state index in [4.69, 9.17) is 5.14 Å². The molecule has 0 bridgehead atoms. The van der Waals surface area contributed by atoms with Crippen molar-refractivity contribution in [3.8, 4) is 0 Å². The Bertz CT molecular complexity index is 737. The Balaban J connectivity index is 2.64. The Labute approximate surface area is 120 Å². The van der Waals surface area contributed by atoms with Gasteiger partial charge in [0.05, 0.1) is 0 Å². The zero-order valence-electron chi connectivity index (χ0n) is 12.5. The van der Waals surface area contributed by atoms with Gasteiger partial charge >= 0.3 is 0 Å².